The highest BCUT2D eigenvalue weighted by Gasteiger charge is 2.14. The minimum absolute atomic E-state index is 0.0985. The molecule has 0 bridgehead atoms. The maximum atomic E-state index is 10.8. The van der Waals surface area contributed by atoms with Crippen molar-refractivity contribution in [2.75, 3.05) is 5.75 Å². The van der Waals surface area contributed by atoms with Gasteiger partial charge in [0.15, 0.2) is 8.68 Å². The second kappa shape index (κ2) is 8.50. The number of rotatable bonds is 8. The second-order valence-corrected chi connectivity index (χ2v) is 8.56. The average Bonchev–Trinajstić information content (AvgIpc) is 2.95. The van der Waals surface area contributed by atoms with Crippen LogP contribution in [0.2, 0.25) is 0 Å². The van der Waals surface area contributed by atoms with Crippen molar-refractivity contribution in [1.82, 2.24) is 10.2 Å². The van der Waals surface area contributed by atoms with Gasteiger partial charge in [-0.1, -0.05) is 60.3 Å². The fourth-order valence-corrected chi connectivity index (χ4v) is 5.15. The normalized spacial score (nSPS) is 12.3. The third-order valence-corrected chi connectivity index (χ3v) is 6.32. The van der Waals surface area contributed by atoms with Gasteiger partial charge < -0.3 is 0 Å². The molecule has 0 fully saturated rings. The molecule has 1 unspecified atom stereocenters. The molecule has 0 aliphatic carbocycles. The number of nitro groups is 1. The van der Waals surface area contributed by atoms with Crippen LogP contribution in [0.3, 0.4) is 0 Å². The summed E-state index contributed by atoms with van der Waals surface area (Å²) in [6, 6.07) is 6.75. The number of benzene rings is 1. The van der Waals surface area contributed by atoms with Gasteiger partial charge in [0.1, 0.15) is 0 Å². The zero-order valence-corrected chi connectivity index (χ0v) is 14.8. The van der Waals surface area contributed by atoms with E-state index in [-0.39, 0.29) is 15.9 Å². The van der Waals surface area contributed by atoms with E-state index in [4.69, 9.17) is 0 Å². The molecule has 0 amide bonds. The van der Waals surface area contributed by atoms with E-state index in [2.05, 4.69) is 17.1 Å². The Kier molecular flexibility index (Phi) is 6.66. The molecular formula is C14H17N3O2S3. The topological polar surface area (TPSA) is 68.9 Å². The lowest BCUT2D eigenvalue weighted by Gasteiger charge is -2.08. The predicted molar refractivity (Wildman–Crippen MR) is 92.9 cm³/mol. The Morgan fingerprint density at radius 1 is 1.36 bits per heavy atom. The molecule has 0 aliphatic heterocycles. The Labute approximate surface area is 142 Å². The molecule has 0 saturated carbocycles. The molecule has 1 aromatic carbocycles. The second-order valence-electron chi connectivity index (χ2n) is 4.65. The Morgan fingerprint density at radius 2 is 2.14 bits per heavy atom. The van der Waals surface area contributed by atoms with Crippen LogP contribution in [-0.4, -0.2) is 20.9 Å². The molecule has 8 heteroatoms. The van der Waals surface area contributed by atoms with E-state index >= 15 is 0 Å². The predicted octanol–water partition coefficient (Wildman–Crippen LogP) is 5.19. The van der Waals surface area contributed by atoms with Gasteiger partial charge in [-0.3, -0.25) is 10.1 Å². The summed E-state index contributed by atoms with van der Waals surface area (Å²) in [7, 11) is 0. The van der Waals surface area contributed by atoms with Gasteiger partial charge in [0, 0.05) is 23.1 Å². The molecule has 0 N–H and O–H groups in total. The first kappa shape index (κ1) is 17.2. The van der Waals surface area contributed by atoms with E-state index in [1.165, 1.54) is 18.9 Å². The molecule has 1 aromatic heterocycles. The molecule has 0 saturated heterocycles. The van der Waals surface area contributed by atoms with Crippen LogP contribution < -0.4 is 0 Å². The van der Waals surface area contributed by atoms with E-state index in [1.807, 2.05) is 13.0 Å². The lowest BCUT2D eigenvalue weighted by molar-refractivity contribution is -0.384. The first-order valence-corrected chi connectivity index (χ1v) is 9.65. The summed E-state index contributed by atoms with van der Waals surface area (Å²) in [5, 5.41) is 19.3. The summed E-state index contributed by atoms with van der Waals surface area (Å²) >= 11 is 4.91. The molecule has 2 rings (SSSR count). The maximum absolute atomic E-state index is 10.8. The Morgan fingerprint density at radius 3 is 2.86 bits per heavy atom. The van der Waals surface area contributed by atoms with Crippen LogP contribution in [0.15, 0.2) is 32.9 Å². The van der Waals surface area contributed by atoms with Crippen LogP contribution in [0, 0.1) is 10.1 Å². The highest BCUT2D eigenvalue weighted by atomic mass is 32.2. The standard InChI is InChI=1S/C14H17N3O2S3/c1-3-4-8-20-13-15-16-14(22-13)21-10(2)11-6-5-7-12(9-11)17(18)19/h5-7,9-10H,3-4,8H2,1-2H3. The summed E-state index contributed by atoms with van der Waals surface area (Å²) < 4.78 is 1.89. The fraction of sp³-hybridized carbons (Fsp3) is 0.429. The van der Waals surface area contributed by atoms with Crippen molar-refractivity contribution in [1.29, 1.82) is 0 Å². The largest absolute Gasteiger partial charge is 0.269 e. The van der Waals surface area contributed by atoms with E-state index in [0.717, 1.165) is 20.0 Å². The molecule has 0 radical (unpaired) electrons. The molecule has 0 spiro atoms. The molecule has 118 valence electrons. The van der Waals surface area contributed by atoms with Gasteiger partial charge in [0.2, 0.25) is 0 Å². The van der Waals surface area contributed by atoms with Crippen molar-refractivity contribution in [3.05, 3.63) is 39.9 Å². The Hall–Kier alpha value is -1.12. The number of hydrogen-bond acceptors (Lipinski definition) is 7. The Bertz CT molecular complexity index is 633. The highest BCUT2D eigenvalue weighted by molar-refractivity contribution is 8.03. The van der Waals surface area contributed by atoms with Crippen molar-refractivity contribution >= 4 is 40.5 Å². The molecule has 0 aliphatic rings. The first-order chi connectivity index (χ1) is 10.6. The van der Waals surface area contributed by atoms with Crippen molar-refractivity contribution in [2.24, 2.45) is 0 Å². The summed E-state index contributed by atoms with van der Waals surface area (Å²) in [6.07, 6.45) is 2.36. The number of hydrogen-bond donors (Lipinski definition) is 0. The first-order valence-electron chi connectivity index (χ1n) is 6.97. The minimum Gasteiger partial charge on any atom is -0.258 e. The van der Waals surface area contributed by atoms with Gasteiger partial charge in [0.25, 0.3) is 5.69 Å². The molecule has 22 heavy (non-hydrogen) atoms. The monoisotopic (exact) mass is 355 g/mol. The zero-order chi connectivity index (χ0) is 15.9. The number of unbranched alkanes of at least 4 members (excludes halogenated alkanes) is 1. The third-order valence-electron chi connectivity index (χ3n) is 2.94. The molecule has 1 heterocycles. The van der Waals surface area contributed by atoms with E-state index in [9.17, 15) is 10.1 Å². The lowest BCUT2D eigenvalue weighted by Crippen LogP contribution is -1.92. The van der Waals surface area contributed by atoms with E-state index < -0.39 is 0 Å². The van der Waals surface area contributed by atoms with Crippen LogP contribution in [0.4, 0.5) is 5.69 Å². The van der Waals surface area contributed by atoms with Crippen molar-refractivity contribution in [2.45, 2.75) is 40.6 Å². The third kappa shape index (κ3) is 4.96. The summed E-state index contributed by atoms with van der Waals surface area (Å²) in [5.74, 6) is 1.07. The molecule has 1 atom stereocenters. The number of nitrogens with zero attached hydrogens (tertiary/aromatic N) is 3. The molecule has 2 aromatic rings. The van der Waals surface area contributed by atoms with Gasteiger partial charge in [0.05, 0.1) is 4.92 Å². The number of non-ortho nitro benzene ring substituents is 1. The van der Waals surface area contributed by atoms with Crippen molar-refractivity contribution in [3.63, 3.8) is 0 Å². The Balaban J connectivity index is 1.98. The van der Waals surface area contributed by atoms with Gasteiger partial charge in [-0.05, 0) is 18.9 Å². The van der Waals surface area contributed by atoms with Gasteiger partial charge >= 0.3 is 0 Å². The van der Waals surface area contributed by atoms with Crippen molar-refractivity contribution < 1.29 is 4.92 Å². The van der Waals surface area contributed by atoms with Crippen LogP contribution in [0.1, 0.15) is 37.5 Å². The van der Waals surface area contributed by atoms with Crippen LogP contribution in [0.5, 0.6) is 0 Å². The molecular weight excluding hydrogens is 338 g/mol. The van der Waals surface area contributed by atoms with Gasteiger partial charge in [-0.2, -0.15) is 0 Å². The number of nitro benzene ring substituents is 1. The van der Waals surface area contributed by atoms with Crippen LogP contribution in [0.25, 0.3) is 0 Å². The summed E-state index contributed by atoms with van der Waals surface area (Å²) in [4.78, 5) is 10.5. The van der Waals surface area contributed by atoms with Crippen LogP contribution >= 0.6 is 34.9 Å². The summed E-state index contributed by atoms with van der Waals surface area (Å²) in [5.41, 5.74) is 1.05. The van der Waals surface area contributed by atoms with Crippen LogP contribution in [-0.2, 0) is 0 Å². The highest BCUT2D eigenvalue weighted by Crippen LogP contribution is 2.38. The van der Waals surface area contributed by atoms with Gasteiger partial charge in [-0.15, -0.1) is 10.2 Å². The quantitative estimate of drug-likeness (QED) is 0.281. The number of thioether (sulfide) groups is 2. The zero-order valence-electron chi connectivity index (χ0n) is 12.4. The van der Waals surface area contributed by atoms with Gasteiger partial charge in [-0.25, -0.2) is 0 Å². The van der Waals surface area contributed by atoms with Crippen molar-refractivity contribution in [3.8, 4) is 0 Å². The molecule has 5 nitrogen and oxygen atoms in total. The number of aromatic nitrogens is 2. The summed E-state index contributed by atoms with van der Waals surface area (Å²) in [6.45, 7) is 4.19. The van der Waals surface area contributed by atoms with E-state index in [1.54, 1.807) is 47.0 Å². The smallest absolute Gasteiger partial charge is 0.258 e. The fourth-order valence-electron chi connectivity index (χ4n) is 1.72. The SMILES string of the molecule is CCCCSc1nnc(SC(C)c2cccc([N+](=O)[O-])c2)s1. The maximum Gasteiger partial charge on any atom is 0.269 e. The van der Waals surface area contributed by atoms with E-state index in [0.29, 0.717) is 0 Å². The average molecular weight is 356 g/mol. The lowest BCUT2D eigenvalue weighted by atomic mass is 10.1. The minimum atomic E-state index is -0.367.